The predicted octanol–water partition coefficient (Wildman–Crippen LogP) is 0.276. The molecular formula is C9H17NO2. The van der Waals surface area contributed by atoms with Crippen LogP contribution in [0.5, 0.6) is 0 Å². The van der Waals surface area contributed by atoms with Gasteiger partial charge in [-0.15, -0.1) is 0 Å². The molecule has 3 heteroatoms. The first-order chi connectivity index (χ1) is 5.54. The monoisotopic (exact) mass is 171 g/mol. The zero-order chi connectivity index (χ0) is 9.30. The van der Waals surface area contributed by atoms with Crippen LogP contribution in [-0.2, 0) is 4.79 Å². The number of nitrogens with zero attached hydrogens (tertiary/aromatic N) is 1. The van der Waals surface area contributed by atoms with Crippen LogP contribution in [0.15, 0.2) is 0 Å². The summed E-state index contributed by atoms with van der Waals surface area (Å²) >= 11 is 0. The molecule has 0 amide bonds. The Morgan fingerprint density at radius 2 is 2.17 bits per heavy atom. The lowest BCUT2D eigenvalue weighted by molar-refractivity contribution is -0.128. The zero-order valence-electron chi connectivity index (χ0n) is 7.95. The minimum absolute atomic E-state index is 0.0187. The fourth-order valence-electron chi connectivity index (χ4n) is 1.67. The normalized spacial score (nSPS) is 31.4. The number of carbonyl (C=O) groups is 1. The van der Waals surface area contributed by atoms with Crippen molar-refractivity contribution in [1.29, 1.82) is 0 Å². The second-order valence-electron chi connectivity index (χ2n) is 3.84. The Bertz CT molecular complexity index is 169. The van der Waals surface area contributed by atoms with Crippen LogP contribution in [0, 0.1) is 5.92 Å². The van der Waals surface area contributed by atoms with Crippen molar-refractivity contribution in [1.82, 2.24) is 4.90 Å². The van der Waals surface area contributed by atoms with Gasteiger partial charge in [0.1, 0.15) is 0 Å². The van der Waals surface area contributed by atoms with E-state index in [4.69, 9.17) is 0 Å². The molecule has 0 aromatic carbocycles. The van der Waals surface area contributed by atoms with Gasteiger partial charge in [-0.2, -0.15) is 0 Å². The van der Waals surface area contributed by atoms with Gasteiger partial charge in [0.25, 0.3) is 0 Å². The topological polar surface area (TPSA) is 40.5 Å². The van der Waals surface area contributed by atoms with E-state index < -0.39 is 6.10 Å². The molecule has 0 aromatic rings. The lowest BCUT2D eigenvalue weighted by atomic mass is 9.98. The van der Waals surface area contributed by atoms with E-state index in [1.54, 1.807) is 0 Å². The van der Waals surface area contributed by atoms with Gasteiger partial charge in [-0.25, -0.2) is 0 Å². The Morgan fingerprint density at radius 3 is 2.50 bits per heavy atom. The Morgan fingerprint density at radius 1 is 1.58 bits per heavy atom. The highest BCUT2D eigenvalue weighted by atomic mass is 16.3. The Balaban J connectivity index is 2.66. The summed E-state index contributed by atoms with van der Waals surface area (Å²) in [7, 11) is 1.89. The largest absolute Gasteiger partial charge is 0.391 e. The highest BCUT2D eigenvalue weighted by molar-refractivity contribution is 5.86. The molecule has 3 nitrogen and oxygen atoms in total. The first-order valence-corrected chi connectivity index (χ1v) is 4.46. The number of hydrogen-bond donors (Lipinski definition) is 1. The molecule has 2 unspecified atom stereocenters. The van der Waals surface area contributed by atoms with Crippen molar-refractivity contribution < 1.29 is 9.90 Å². The molecule has 1 aliphatic rings. The summed E-state index contributed by atoms with van der Waals surface area (Å²) in [4.78, 5) is 13.5. The number of Topliss-reactive ketones (excluding diaryl/α,β-unsaturated/α-hetero) is 1. The molecule has 70 valence electrons. The molecule has 2 atom stereocenters. The first-order valence-electron chi connectivity index (χ1n) is 4.46. The van der Waals surface area contributed by atoms with Crippen LogP contribution in [0.1, 0.15) is 20.3 Å². The van der Waals surface area contributed by atoms with Gasteiger partial charge in [-0.3, -0.25) is 9.69 Å². The van der Waals surface area contributed by atoms with Gasteiger partial charge in [0.15, 0.2) is 5.78 Å². The Labute approximate surface area is 73.4 Å². The van der Waals surface area contributed by atoms with Gasteiger partial charge in [0.05, 0.1) is 12.1 Å². The third kappa shape index (κ3) is 1.67. The lowest BCUT2D eigenvalue weighted by Gasteiger charge is -2.22. The molecule has 0 aliphatic carbocycles. The summed E-state index contributed by atoms with van der Waals surface area (Å²) in [5.74, 6) is 0.174. The van der Waals surface area contributed by atoms with Crippen LogP contribution < -0.4 is 0 Å². The smallest absolute Gasteiger partial charge is 0.155 e. The van der Waals surface area contributed by atoms with Gasteiger partial charge >= 0.3 is 0 Å². The van der Waals surface area contributed by atoms with Gasteiger partial charge in [-0.05, 0) is 13.5 Å². The summed E-state index contributed by atoms with van der Waals surface area (Å²) in [6.07, 6.45) is 0.268. The molecule has 1 fully saturated rings. The molecule has 1 saturated heterocycles. The van der Waals surface area contributed by atoms with E-state index in [9.17, 15) is 9.90 Å². The maximum absolute atomic E-state index is 11.6. The van der Waals surface area contributed by atoms with Crippen molar-refractivity contribution in [3.63, 3.8) is 0 Å². The number of likely N-dealkylation sites (tertiary alicyclic amines) is 1. The van der Waals surface area contributed by atoms with E-state index in [2.05, 4.69) is 0 Å². The second kappa shape index (κ2) is 3.54. The van der Waals surface area contributed by atoms with Crippen LogP contribution >= 0.6 is 0 Å². The summed E-state index contributed by atoms with van der Waals surface area (Å²) in [6, 6.07) is -0.259. The molecule has 1 N–H and O–H groups in total. The van der Waals surface area contributed by atoms with Crippen molar-refractivity contribution in [2.24, 2.45) is 5.92 Å². The standard InChI is InChI=1S/C9H17NO2/c1-6(2)9(12)8-7(11)4-5-10(8)3/h6-8,11H,4-5H2,1-3H3. The lowest BCUT2D eigenvalue weighted by Crippen LogP contribution is -2.41. The molecule has 1 aliphatic heterocycles. The van der Waals surface area contributed by atoms with Crippen molar-refractivity contribution in [2.45, 2.75) is 32.4 Å². The average Bonchev–Trinajstić information content (AvgIpc) is 2.30. The third-order valence-corrected chi connectivity index (χ3v) is 2.48. The van der Waals surface area contributed by atoms with Crippen LogP contribution in [0.2, 0.25) is 0 Å². The fraction of sp³-hybridized carbons (Fsp3) is 0.889. The third-order valence-electron chi connectivity index (χ3n) is 2.48. The van der Waals surface area contributed by atoms with E-state index in [-0.39, 0.29) is 17.7 Å². The van der Waals surface area contributed by atoms with Gasteiger partial charge in [0, 0.05) is 12.5 Å². The second-order valence-corrected chi connectivity index (χ2v) is 3.84. The number of hydrogen-bond acceptors (Lipinski definition) is 3. The summed E-state index contributed by atoms with van der Waals surface area (Å²) < 4.78 is 0. The van der Waals surface area contributed by atoms with E-state index in [1.165, 1.54) is 0 Å². The number of aliphatic hydroxyl groups excluding tert-OH is 1. The molecule has 0 spiro atoms. The molecular weight excluding hydrogens is 154 g/mol. The number of rotatable bonds is 2. The Kier molecular flexibility index (Phi) is 2.85. The van der Waals surface area contributed by atoms with Crippen molar-refractivity contribution in [3.8, 4) is 0 Å². The molecule has 0 saturated carbocycles. The first kappa shape index (κ1) is 9.68. The van der Waals surface area contributed by atoms with Crippen LogP contribution in [0.3, 0.4) is 0 Å². The van der Waals surface area contributed by atoms with E-state index >= 15 is 0 Å². The molecule has 0 radical (unpaired) electrons. The van der Waals surface area contributed by atoms with Gasteiger partial charge < -0.3 is 5.11 Å². The average molecular weight is 171 g/mol. The summed E-state index contributed by atoms with van der Waals surface area (Å²) in [6.45, 7) is 4.58. The number of ketones is 1. The molecule has 1 heterocycles. The molecule has 1 rings (SSSR count). The van der Waals surface area contributed by atoms with E-state index in [0.717, 1.165) is 13.0 Å². The molecule has 0 aromatic heterocycles. The highest BCUT2D eigenvalue weighted by Gasteiger charge is 2.36. The van der Waals surface area contributed by atoms with Crippen LogP contribution in [0.4, 0.5) is 0 Å². The quantitative estimate of drug-likeness (QED) is 0.648. The maximum Gasteiger partial charge on any atom is 0.155 e. The van der Waals surface area contributed by atoms with Crippen molar-refractivity contribution in [2.75, 3.05) is 13.6 Å². The van der Waals surface area contributed by atoms with E-state index in [1.807, 2.05) is 25.8 Å². The Hall–Kier alpha value is -0.410. The summed E-state index contributed by atoms with van der Waals surface area (Å²) in [5.41, 5.74) is 0. The van der Waals surface area contributed by atoms with Crippen LogP contribution in [0.25, 0.3) is 0 Å². The number of carbonyl (C=O) groups excluding carboxylic acids is 1. The van der Waals surface area contributed by atoms with Crippen LogP contribution in [-0.4, -0.2) is 41.5 Å². The van der Waals surface area contributed by atoms with Gasteiger partial charge in [0.2, 0.25) is 0 Å². The number of aliphatic hydroxyl groups is 1. The SMILES string of the molecule is CC(C)C(=O)C1C(O)CCN1C. The van der Waals surface area contributed by atoms with Crippen molar-refractivity contribution in [3.05, 3.63) is 0 Å². The van der Waals surface area contributed by atoms with Gasteiger partial charge in [-0.1, -0.05) is 13.8 Å². The molecule has 0 bridgehead atoms. The number of likely N-dealkylation sites (N-methyl/N-ethyl adjacent to an activating group) is 1. The summed E-state index contributed by atoms with van der Waals surface area (Å²) in [5, 5.41) is 9.52. The maximum atomic E-state index is 11.6. The highest BCUT2D eigenvalue weighted by Crippen LogP contribution is 2.19. The van der Waals surface area contributed by atoms with E-state index in [0.29, 0.717) is 0 Å². The fourth-order valence-corrected chi connectivity index (χ4v) is 1.67. The minimum Gasteiger partial charge on any atom is -0.391 e. The predicted molar refractivity (Wildman–Crippen MR) is 46.9 cm³/mol. The zero-order valence-corrected chi connectivity index (χ0v) is 7.95. The minimum atomic E-state index is -0.454. The molecule has 12 heavy (non-hydrogen) atoms. The van der Waals surface area contributed by atoms with Crippen molar-refractivity contribution >= 4 is 5.78 Å².